The Bertz CT molecular complexity index is 1280. The Kier molecular flexibility index (Phi) is 7.88. The molecule has 2 aromatic rings. The predicted octanol–water partition coefficient (Wildman–Crippen LogP) is 7.42. The highest BCUT2D eigenvalue weighted by Gasteiger charge is 2.53. The summed E-state index contributed by atoms with van der Waals surface area (Å²) in [6.07, 6.45) is 9.27. The molecule has 2 aromatic carbocycles. The molecule has 0 saturated carbocycles. The third-order valence-corrected chi connectivity index (χ3v) is 7.41. The van der Waals surface area contributed by atoms with Crippen LogP contribution >= 0.6 is 0 Å². The van der Waals surface area contributed by atoms with Crippen molar-refractivity contribution >= 4 is 12.2 Å². The second kappa shape index (κ2) is 11.1. The molecule has 194 valence electrons. The minimum absolute atomic E-state index is 0.178. The van der Waals surface area contributed by atoms with Crippen molar-refractivity contribution in [2.24, 2.45) is 11.3 Å². The standard InChI is InChI=1S/C33H35N3O2/c1-5-20-33(22-34,23-35)28-21-26-17-19-29(36(26)31(37)38-32(2,3)4)30(28)27(25-14-10-7-11-15-25)18-16-24-12-8-6-9-13-24/h5-16,18,21,26-27,29-30H,1,17,19-20H2,2-4H3/b18-16+/t26-,27?,29+,30?/m0/s1. The number of benzene rings is 2. The first-order valence-electron chi connectivity index (χ1n) is 13.2. The Balaban J connectivity index is 1.90. The van der Waals surface area contributed by atoms with E-state index in [0.29, 0.717) is 0 Å². The topological polar surface area (TPSA) is 77.1 Å². The van der Waals surface area contributed by atoms with Gasteiger partial charge in [0.05, 0.1) is 18.2 Å². The van der Waals surface area contributed by atoms with Gasteiger partial charge in [0.25, 0.3) is 0 Å². The first-order valence-corrected chi connectivity index (χ1v) is 13.2. The summed E-state index contributed by atoms with van der Waals surface area (Å²) in [5.41, 5.74) is 0.908. The molecule has 38 heavy (non-hydrogen) atoms. The summed E-state index contributed by atoms with van der Waals surface area (Å²) in [6, 6.07) is 24.4. The van der Waals surface area contributed by atoms with Crippen molar-refractivity contribution in [3.63, 3.8) is 0 Å². The molecule has 2 bridgehead atoms. The average molecular weight is 506 g/mol. The zero-order chi connectivity index (χ0) is 27.3. The molecule has 0 aliphatic carbocycles. The van der Waals surface area contributed by atoms with Crippen LogP contribution in [-0.4, -0.2) is 28.7 Å². The molecular weight excluding hydrogens is 470 g/mol. The van der Waals surface area contributed by atoms with E-state index in [4.69, 9.17) is 4.74 Å². The number of nitrogens with zero attached hydrogens (tertiary/aromatic N) is 3. The van der Waals surface area contributed by atoms with Gasteiger partial charge in [-0.15, -0.1) is 6.58 Å². The molecule has 4 rings (SSSR count). The maximum absolute atomic E-state index is 13.5. The lowest BCUT2D eigenvalue weighted by Crippen LogP contribution is -2.52. The third kappa shape index (κ3) is 5.43. The number of carbonyl (C=O) groups is 1. The van der Waals surface area contributed by atoms with E-state index in [9.17, 15) is 15.3 Å². The molecule has 4 atom stereocenters. The molecule has 2 aliphatic rings. The van der Waals surface area contributed by atoms with Gasteiger partial charge in [0.1, 0.15) is 5.60 Å². The van der Waals surface area contributed by atoms with Gasteiger partial charge in [0, 0.05) is 24.3 Å². The van der Waals surface area contributed by atoms with Gasteiger partial charge in [-0.3, -0.25) is 4.90 Å². The molecule has 1 amide bonds. The summed E-state index contributed by atoms with van der Waals surface area (Å²) < 4.78 is 5.84. The number of allylic oxidation sites excluding steroid dienone is 2. The zero-order valence-corrected chi connectivity index (χ0v) is 22.4. The fourth-order valence-corrected chi connectivity index (χ4v) is 5.82. The number of ether oxygens (including phenoxy) is 1. The minimum atomic E-state index is -1.36. The highest BCUT2D eigenvalue weighted by molar-refractivity contribution is 5.71. The number of rotatable bonds is 7. The number of amides is 1. The zero-order valence-electron chi connectivity index (χ0n) is 22.4. The van der Waals surface area contributed by atoms with Crippen LogP contribution in [0.5, 0.6) is 0 Å². The maximum Gasteiger partial charge on any atom is 0.411 e. The average Bonchev–Trinajstić information content (AvgIpc) is 3.23. The maximum atomic E-state index is 13.5. The van der Waals surface area contributed by atoms with Crippen LogP contribution in [0, 0.1) is 34.0 Å². The van der Waals surface area contributed by atoms with E-state index in [2.05, 4.69) is 43.0 Å². The van der Waals surface area contributed by atoms with Crippen LogP contribution in [0.3, 0.4) is 0 Å². The summed E-state index contributed by atoms with van der Waals surface area (Å²) in [5.74, 6) is -0.467. The van der Waals surface area contributed by atoms with E-state index in [1.807, 2.05) is 80.3 Å². The fourth-order valence-electron chi connectivity index (χ4n) is 5.82. The van der Waals surface area contributed by atoms with Crippen molar-refractivity contribution < 1.29 is 9.53 Å². The Morgan fingerprint density at radius 2 is 1.71 bits per heavy atom. The van der Waals surface area contributed by atoms with Gasteiger partial charge < -0.3 is 4.74 Å². The van der Waals surface area contributed by atoms with E-state index in [0.717, 1.165) is 29.5 Å². The monoisotopic (exact) mass is 505 g/mol. The highest BCUT2D eigenvalue weighted by atomic mass is 16.6. The van der Waals surface area contributed by atoms with E-state index < -0.39 is 11.0 Å². The Labute approximate surface area is 226 Å². The molecule has 0 aromatic heterocycles. The van der Waals surface area contributed by atoms with Gasteiger partial charge in [-0.1, -0.05) is 85.0 Å². The first kappa shape index (κ1) is 27.0. The number of fused-ring (bicyclic) bond motifs is 2. The SMILES string of the molecule is C=CCC(C#N)(C#N)C1=C[C@@H]2CC[C@H](C1C(/C=C/c1ccccc1)c1ccccc1)N2C(=O)OC(C)(C)C. The molecule has 0 spiro atoms. The number of nitriles is 2. The summed E-state index contributed by atoms with van der Waals surface area (Å²) in [7, 11) is 0. The van der Waals surface area contributed by atoms with Crippen molar-refractivity contribution in [2.75, 3.05) is 0 Å². The van der Waals surface area contributed by atoms with Gasteiger partial charge in [0.2, 0.25) is 0 Å². The molecule has 5 nitrogen and oxygen atoms in total. The van der Waals surface area contributed by atoms with Crippen molar-refractivity contribution in [2.45, 2.75) is 63.6 Å². The normalized spacial score (nSPS) is 21.8. The quantitative estimate of drug-likeness (QED) is 0.367. The van der Waals surface area contributed by atoms with E-state index >= 15 is 0 Å². The lowest BCUT2D eigenvalue weighted by molar-refractivity contribution is 0.0104. The van der Waals surface area contributed by atoms with Crippen LogP contribution in [0.1, 0.15) is 57.1 Å². The van der Waals surface area contributed by atoms with Crippen molar-refractivity contribution in [1.29, 1.82) is 10.5 Å². The van der Waals surface area contributed by atoms with Crippen LogP contribution in [0.2, 0.25) is 0 Å². The molecule has 1 saturated heterocycles. The summed E-state index contributed by atoms with van der Waals surface area (Å²) in [4.78, 5) is 15.3. The van der Waals surface area contributed by atoms with Crippen LogP contribution < -0.4 is 0 Å². The largest absolute Gasteiger partial charge is 0.444 e. The highest BCUT2D eigenvalue weighted by Crippen LogP contribution is 2.52. The molecule has 0 radical (unpaired) electrons. The minimum Gasteiger partial charge on any atom is -0.444 e. The van der Waals surface area contributed by atoms with E-state index in [-0.39, 0.29) is 36.4 Å². The fraction of sp³-hybridized carbons (Fsp3) is 0.364. The second-order valence-corrected chi connectivity index (χ2v) is 11.1. The first-order chi connectivity index (χ1) is 18.2. The predicted molar refractivity (Wildman–Crippen MR) is 150 cm³/mol. The van der Waals surface area contributed by atoms with Gasteiger partial charge in [-0.2, -0.15) is 10.5 Å². The number of carbonyl (C=O) groups excluding carboxylic acids is 1. The van der Waals surface area contributed by atoms with Crippen molar-refractivity contribution in [1.82, 2.24) is 4.90 Å². The van der Waals surface area contributed by atoms with Gasteiger partial charge in [0.15, 0.2) is 5.41 Å². The van der Waals surface area contributed by atoms with E-state index in [1.54, 1.807) is 6.08 Å². The van der Waals surface area contributed by atoms with E-state index in [1.165, 1.54) is 0 Å². The van der Waals surface area contributed by atoms with Crippen LogP contribution in [0.4, 0.5) is 4.79 Å². The lowest BCUT2D eigenvalue weighted by atomic mass is 9.65. The molecule has 2 unspecified atom stereocenters. The Hall–Kier alpha value is -4.09. The Morgan fingerprint density at radius 3 is 2.29 bits per heavy atom. The summed E-state index contributed by atoms with van der Waals surface area (Å²) in [5, 5.41) is 20.7. The molecule has 1 fully saturated rings. The van der Waals surface area contributed by atoms with Gasteiger partial charge in [-0.05, 0) is 50.3 Å². The molecule has 2 heterocycles. The lowest BCUT2D eigenvalue weighted by Gasteiger charge is -2.45. The van der Waals surface area contributed by atoms with Crippen LogP contribution in [0.25, 0.3) is 6.08 Å². The molecule has 5 heteroatoms. The molecule has 0 N–H and O–H groups in total. The second-order valence-electron chi connectivity index (χ2n) is 11.1. The van der Waals surface area contributed by atoms with Crippen LogP contribution in [-0.2, 0) is 4.74 Å². The summed E-state index contributed by atoms with van der Waals surface area (Å²) >= 11 is 0. The van der Waals surface area contributed by atoms with Gasteiger partial charge in [-0.25, -0.2) is 4.79 Å². The van der Waals surface area contributed by atoms with Crippen LogP contribution in [0.15, 0.2) is 91.0 Å². The summed E-state index contributed by atoms with van der Waals surface area (Å²) in [6.45, 7) is 9.45. The Morgan fingerprint density at radius 1 is 1.08 bits per heavy atom. The van der Waals surface area contributed by atoms with Gasteiger partial charge >= 0.3 is 6.09 Å². The number of hydrogen-bond donors (Lipinski definition) is 0. The third-order valence-electron chi connectivity index (χ3n) is 7.41. The smallest absolute Gasteiger partial charge is 0.411 e. The molecule has 2 aliphatic heterocycles. The number of hydrogen-bond acceptors (Lipinski definition) is 4. The van der Waals surface area contributed by atoms with Crippen molar-refractivity contribution in [3.05, 3.63) is 102 Å². The van der Waals surface area contributed by atoms with Crippen molar-refractivity contribution in [3.8, 4) is 12.1 Å². The molecular formula is C33H35N3O2.